The van der Waals surface area contributed by atoms with Gasteiger partial charge in [0.05, 0.1) is 11.7 Å². The molecule has 2 atom stereocenters. The lowest BCUT2D eigenvalue weighted by molar-refractivity contribution is 0.195. The molecule has 3 aromatic rings. The number of halogens is 1. The maximum atomic E-state index is 13.5. The molecule has 6 heteroatoms. The van der Waals surface area contributed by atoms with E-state index in [4.69, 9.17) is 0 Å². The van der Waals surface area contributed by atoms with Gasteiger partial charge in [-0.25, -0.2) is 4.39 Å². The lowest BCUT2D eigenvalue weighted by Gasteiger charge is -2.30. The van der Waals surface area contributed by atoms with Crippen LogP contribution in [0.15, 0.2) is 60.8 Å². The summed E-state index contributed by atoms with van der Waals surface area (Å²) < 4.78 is 14.9. The molecule has 0 amide bonds. The summed E-state index contributed by atoms with van der Waals surface area (Å²) in [7, 11) is 1.67. The molecular weight excluding hydrogens is 381 g/mol. The molecule has 2 unspecified atom stereocenters. The SMILES string of the molecule is Cn1c(O)c2c(c1O)C1CC=CCN1C2C=Cc1ccc(-c2cccc(F)c2)cn1. The van der Waals surface area contributed by atoms with E-state index < -0.39 is 0 Å². The first-order valence-corrected chi connectivity index (χ1v) is 9.96. The van der Waals surface area contributed by atoms with Crippen LogP contribution in [0.5, 0.6) is 11.8 Å². The number of hydrogen-bond donors (Lipinski definition) is 2. The van der Waals surface area contributed by atoms with E-state index in [-0.39, 0.29) is 29.7 Å². The van der Waals surface area contributed by atoms with Gasteiger partial charge in [0.15, 0.2) is 11.8 Å². The first-order valence-electron chi connectivity index (χ1n) is 9.96. The molecule has 0 saturated carbocycles. The zero-order valence-electron chi connectivity index (χ0n) is 16.5. The Balaban J connectivity index is 1.45. The summed E-state index contributed by atoms with van der Waals surface area (Å²) in [5, 5.41) is 21.1. The minimum Gasteiger partial charge on any atom is -0.494 e. The fourth-order valence-corrected chi connectivity index (χ4v) is 4.50. The topological polar surface area (TPSA) is 61.5 Å². The Morgan fingerprint density at radius 1 is 1.07 bits per heavy atom. The number of pyridine rings is 1. The summed E-state index contributed by atoms with van der Waals surface area (Å²) in [5.74, 6) is -0.0493. The van der Waals surface area contributed by atoms with Gasteiger partial charge in [-0.05, 0) is 36.3 Å². The summed E-state index contributed by atoms with van der Waals surface area (Å²) in [6, 6.07) is 10.2. The molecule has 5 rings (SSSR count). The quantitative estimate of drug-likeness (QED) is 0.622. The summed E-state index contributed by atoms with van der Waals surface area (Å²) in [6.45, 7) is 0.753. The van der Waals surface area contributed by atoms with Gasteiger partial charge in [-0.1, -0.05) is 36.4 Å². The molecule has 2 N–H and O–H groups in total. The Hall–Kier alpha value is -3.38. The van der Waals surface area contributed by atoms with E-state index >= 15 is 0 Å². The number of rotatable bonds is 3. The standard InChI is InChI=1S/C24H22FN3O2/c1-27-23(29)21-19-7-2-3-12-28(19)20(22(21)24(27)30)11-10-18-9-8-16(14-26-18)15-5-4-6-17(25)13-15/h2-6,8-11,13-14,19-20,29-30H,7,12H2,1H3. The van der Waals surface area contributed by atoms with Crippen molar-refractivity contribution in [2.45, 2.75) is 18.5 Å². The number of benzene rings is 1. The first kappa shape index (κ1) is 18.6. The van der Waals surface area contributed by atoms with Crippen molar-refractivity contribution in [2.75, 3.05) is 6.54 Å². The van der Waals surface area contributed by atoms with Crippen LogP contribution in [-0.2, 0) is 7.05 Å². The molecule has 0 spiro atoms. The monoisotopic (exact) mass is 403 g/mol. The molecule has 152 valence electrons. The van der Waals surface area contributed by atoms with Crippen LogP contribution in [0.1, 0.15) is 35.3 Å². The van der Waals surface area contributed by atoms with E-state index in [0.717, 1.165) is 40.9 Å². The van der Waals surface area contributed by atoms with Crippen LogP contribution in [-0.4, -0.2) is 31.2 Å². The fraction of sp³-hybridized carbons (Fsp3) is 0.208. The van der Waals surface area contributed by atoms with Crippen molar-refractivity contribution in [1.82, 2.24) is 14.5 Å². The van der Waals surface area contributed by atoms with Gasteiger partial charge in [0.25, 0.3) is 0 Å². The Labute approximate surface area is 174 Å². The molecule has 2 aliphatic rings. The van der Waals surface area contributed by atoms with Gasteiger partial charge in [-0.2, -0.15) is 0 Å². The van der Waals surface area contributed by atoms with Gasteiger partial charge in [-0.3, -0.25) is 14.5 Å². The van der Waals surface area contributed by atoms with Crippen LogP contribution in [0, 0.1) is 5.82 Å². The number of aromatic nitrogens is 2. The van der Waals surface area contributed by atoms with E-state index in [1.165, 1.54) is 16.7 Å². The number of hydrogen-bond acceptors (Lipinski definition) is 4. The number of fused-ring (bicyclic) bond motifs is 3. The van der Waals surface area contributed by atoms with Crippen molar-refractivity contribution in [3.05, 3.63) is 83.5 Å². The second-order valence-electron chi connectivity index (χ2n) is 7.74. The maximum Gasteiger partial charge on any atom is 0.199 e. The highest BCUT2D eigenvalue weighted by atomic mass is 19.1. The third kappa shape index (κ3) is 2.92. The van der Waals surface area contributed by atoms with Crippen LogP contribution in [0.4, 0.5) is 4.39 Å². The van der Waals surface area contributed by atoms with Gasteiger partial charge in [-0.15, -0.1) is 0 Å². The first-order chi connectivity index (χ1) is 14.5. The molecule has 0 radical (unpaired) electrons. The second-order valence-corrected chi connectivity index (χ2v) is 7.74. The van der Waals surface area contributed by atoms with Crippen LogP contribution in [0.3, 0.4) is 0 Å². The molecular formula is C24H22FN3O2. The molecule has 30 heavy (non-hydrogen) atoms. The second kappa shape index (κ2) is 7.15. The highest BCUT2D eigenvalue weighted by Crippen LogP contribution is 2.54. The molecule has 0 saturated heterocycles. The van der Waals surface area contributed by atoms with Crippen LogP contribution in [0.25, 0.3) is 17.2 Å². The highest BCUT2D eigenvalue weighted by Gasteiger charge is 2.43. The molecule has 2 aromatic heterocycles. The smallest absolute Gasteiger partial charge is 0.199 e. The van der Waals surface area contributed by atoms with Crippen molar-refractivity contribution in [3.8, 4) is 22.9 Å². The minimum absolute atomic E-state index is 0.0510. The van der Waals surface area contributed by atoms with Crippen molar-refractivity contribution >= 4 is 6.08 Å². The predicted molar refractivity (Wildman–Crippen MR) is 113 cm³/mol. The van der Waals surface area contributed by atoms with Crippen molar-refractivity contribution in [1.29, 1.82) is 0 Å². The van der Waals surface area contributed by atoms with E-state index in [1.54, 1.807) is 19.3 Å². The average molecular weight is 403 g/mol. The summed E-state index contributed by atoms with van der Waals surface area (Å²) in [5.41, 5.74) is 3.97. The third-order valence-electron chi connectivity index (χ3n) is 6.03. The van der Waals surface area contributed by atoms with Gasteiger partial charge in [0, 0.05) is 42.5 Å². The van der Waals surface area contributed by atoms with Crippen LogP contribution in [0.2, 0.25) is 0 Å². The number of aromatic hydroxyl groups is 2. The van der Waals surface area contributed by atoms with E-state index in [1.807, 2.05) is 30.4 Å². The van der Waals surface area contributed by atoms with Gasteiger partial charge in [0.1, 0.15) is 5.82 Å². The fourth-order valence-electron chi connectivity index (χ4n) is 4.50. The molecule has 0 bridgehead atoms. The predicted octanol–water partition coefficient (Wildman–Crippen LogP) is 4.71. The summed E-state index contributed by atoms with van der Waals surface area (Å²) >= 11 is 0. The molecule has 5 nitrogen and oxygen atoms in total. The largest absolute Gasteiger partial charge is 0.494 e. The van der Waals surface area contributed by atoms with Crippen molar-refractivity contribution in [2.24, 2.45) is 7.05 Å². The lowest BCUT2D eigenvalue weighted by atomic mass is 10.0. The van der Waals surface area contributed by atoms with Gasteiger partial charge in [0.2, 0.25) is 0 Å². The lowest BCUT2D eigenvalue weighted by Crippen LogP contribution is -2.28. The van der Waals surface area contributed by atoms with Crippen molar-refractivity contribution in [3.63, 3.8) is 0 Å². The third-order valence-corrected chi connectivity index (χ3v) is 6.03. The average Bonchev–Trinajstić information content (AvgIpc) is 3.21. The maximum absolute atomic E-state index is 13.5. The summed E-state index contributed by atoms with van der Waals surface area (Å²) in [6.07, 6.45) is 10.7. The van der Waals surface area contributed by atoms with Gasteiger partial charge >= 0.3 is 0 Å². The Morgan fingerprint density at radius 2 is 1.90 bits per heavy atom. The Bertz CT molecular complexity index is 1160. The zero-order valence-corrected chi connectivity index (χ0v) is 16.5. The number of nitrogens with zero attached hydrogens (tertiary/aromatic N) is 3. The molecule has 0 aliphatic carbocycles. The summed E-state index contributed by atoms with van der Waals surface area (Å²) in [4.78, 5) is 6.76. The van der Waals surface area contributed by atoms with E-state index in [2.05, 4.69) is 22.0 Å². The van der Waals surface area contributed by atoms with E-state index in [9.17, 15) is 14.6 Å². The molecule has 1 aromatic carbocycles. The normalized spacial score (nSPS) is 20.6. The zero-order chi connectivity index (χ0) is 20.8. The van der Waals surface area contributed by atoms with Gasteiger partial charge < -0.3 is 10.2 Å². The molecule has 2 aliphatic heterocycles. The molecule has 0 fully saturated rings. The Morgan fingerprint density at radius 3 is 2.67 bits per heavy atom. The molecule has 4 heterocycles. The minimum atomic E-state index is -0.274. The van der Waals surface area contributed by atoms with E-state index in [0.29, 0.717) is 0 Å². The van der Waals surface area contributed by atoms with Crippen molar-refractivity contribution < 1.29 is 14.6 Å². The van der Waals surface area contributed by atoms with Crippen LogP contribution >= 0.6 is 0 Å². The highest BCUT2D eigenvalue weighted by molar-refractivity contribution is 5.64. The Kier molecular flexibility index (Phi) is 4.44. The van der Waals surface area contributed by atoms with Crippen LogP contribution < -0.4 is 0 Å².